The summed E-state index contributed by atoms with van der Waals surface area (Å²) in [5.41, 5.74) is 3.36. The quantitative estimate of drug-likeness (QED) is 0.695. The van der Waals surface area contributed by atoms with E-state index in [9.17, 15) is 4.79 Å². The molecule has 3 heteroatoms. The summed E-state index contributed by atoms with van der Waals surface area (Å²) in [6.07, 6.45) is 5.98. The largest absolute Gasteiger partial charge is 0.353 e. The summed E-state index contributed by atoms with van der Waals surface area (Å²) in [5, 5.41) is 2.38. The Morgan fingerprint density at radius 1 is 1.18 bits per heavy atom. The van der Waals surface area contributed by atoms with Crippen LogP contribution in [0.4, 0.5) is 0 Å². The third-order valence-electron chi connectivity index (χ3n) is 3.02. The second-order valence-corrected chi connectivity index (χ2v) is 4.13. The number of rotatable bonds is 3. The summed E-state index contributed by atoms with van der Waals surface area (Å²) in [4.78, 5) is 17.8. The molecule has 2 heterocycles. The standard InChI is InChI=1S/C14H12N2O/c17-7-1-2-10-3-4-13-12(8-10)11-5-6-15-9-14(11)16-13/h3-9,16H,1-2H2. The van der Waals surface area contributed by atoms with Crippen LogP contribution in [0.2, 0.25) is 0 Å². The second-order valence-electron chi connectivity index (χ2n) is 4.13. The van der Waals surface area contributed by atoms with Gasteiger partial charge in [-0.05, 0) is 30.2 Å². The molecule has 2 aromatic heterocycles. The van der Waals surface area contributed by atoms with Gasteiger partial charge < -0.3 is 9.78 Å². The lowest BCUT2D eigenvalue weighted by Crippen LogP contribution is -1.85. The molecular weight excluding hydrogens is 212 g/mol. The van der Waals surface area contributed by atoms with E-state index < -0.39 is 0 Å². The molecule has 1 N–H and O–H groups in total. The number of aromatic nitrogens is 2. The fourth-order valence-corrected chi connectivity index (χ4v) is 2.18. The van der Waals surface area contributed by atoms with Gasteiger partial charge in [0, 0.05) is 28.9 Å². The summed E-state index contributed by atoms with van der Waals surface area (Å²) in [5.74, 6) is 0. The van der Waals surface area contributed by atoms with Crippen molar-refractivity contribution in [3.63, 3.8) is 0 Å². The van der Waals surface area contributed by atoms with Gasteiger partial charge in [0.2, 0.25) is 0 Å². The smallest absolute Gasteiger partial charge is 0.120 e. The lowest BCUT2D eigenvalue weighted by Gasteiger charge is -1.98. The molecule has 0 unspecified atom stereocenters. The molecule has 0 aliphatic carbocycles. The van der Waals surface area contributed by atoms with Gasteiger partial charge in [0.1, 0.15) is 6.29 Å². The average Bonchev–Trinajstić information content (AvgIpc) is 2.74. The van der Waals surface area contributed by atoms with Crippen LogP contribution in [0, 0.1) is 0 Å². The van der Waals surface area contributed by atoms with E-state index in [2.05, 4.69) is 28.2 Å². The summed E-state index contributed by atoms with van der Waals surface area (Å²) < 4.78 is 0. The van der Waals surface area contributed by atoms with Gasteiger partial charge in [0.05, 0.1) is 11.7 Å². The van der Waals surface area contributed by atoms with E-state index in [4.69, 9.17) is 0 Å². The van der Waals surface area contributed by atoms with Gasteiger partial charge in [-0.1, -0.05) is 6.07 Å². The van der Waals surface area contributed by atoms with Crippen LogP contribution >= 0.6 is 0 Å². The van der Waals surface area contributed by atoms with Gasteiger partial charge in [0.15, 0.2) is 0 Å². The molecule has 0 aliphatic rings. The number of aromatic amines is 1. The number of carbonyl (C=O) groups excluding carboxylic acids is 1. The predicted molar refractivity (Wildman–Crippen MR) is 68.0 cm³/mol. The second kappa shape index (κ2) is 4.01. The molecular formula is C14H12N2O. The first-order valence-electron chi connectivity index (χ1n) is 5.66. The Hall–Kier alpha value is -2.16. The molecule has 0 fully saturated rings. The lowest BCUT2D eigenvalue weighted by molar-refractivity contribution is -0.107. The number of aryl methyl sites for hydroxylation is 1. The van der Waals surface area contributed by atoms with E-state index in [1.165, 1.54) is 16.3 Å². The number of carbonyl (C=O) groups is 1. The Bertz CT molecular complexity index is 685. The molecule has 1 aromatic carbocycles. The van der Waals surface area contributed by atoms with E-state index >= 15 is 0 Å². The molecule has 3 rings (SSSR count). The molecule has 0 bridgehead atoms. The molecule has 0 amide bonds. The summed E-state index contributed by atoms with van der Waals surface area (Å²) in [7, 11) is 0. The minimum atomic E-state index is 0.579. The SMILES string of the molecule is O=CCCc1ccc2[nH]c3cnccc3c2c1. The maximum Gasteiger partial charge on any atom is 0.120 e. The van der Waals surface area contributed by atoms with Gasteiger partial charge in [-0.2, -0.15) is 0 Å². The van der Waals surface area contributed by atoms with Crippen molar-refractivity contribution in [2.75, 3.05) is 0 Å². The summed E-state index contributed by atoms with van der Waals surface area (Å²) in [6.45, 7) is 0. The zero-order valence-electron chi connectivity index (χ0n) is 9.31. The summed E-state index contributed by atoms with van der Waals surface area (Å²) >= 11 is 0. The lowest BCUT2D eigenvalue weighted by atomic mass is 10.1. The average molecular weight is 224 g/mol. The number of benzene rings is 1. The Kier molecular flexibility index (Phi) is 2.37. The van der Waals surface area contributed by atoms with Crippen LogP contribution in [-0.4, -0.2) is 16.3 Å². The number of nitrogens with one attached hydrogen (secondary N) is 1. The van der Waals surface area contributed by atoms with E-state index in [0.29, 0.717) is 6.42 Å². The zero-order valence-corrected chi connectivity index (χ0v) is 9.31. The predicted octanol–water partition coefficient (Wildman–Crippen LogP) is 2.85. The first-order chi connectivity index (χ1) is 8.38. The highest BCUT2D eigenvalue weighted by Gasteiger charge is 2.04. The monoisotopic (exact) mass is 224 g/mol. The third kappa shape index (κ3) is 1.69. The molecule has 3 aromatic rings. The van der Waals surface area contributed by atoms with Gasteiger partial charge >= 0.3 is 0 Å². The van der Waals surface area contributed by atoms with E-state index in [1.807, 2.05) is 12.3 Å². The fraction of sp³-hybridized carbons (Fsp3) is 0.143. The molecule has 17 heavy (non-hydrogen) atoms. The number of pyridine rings is 1. The van der Waals surface area contributed by atoms with Crippen LogP contribution in [0.1, 0.15) is 12.0 Å². The Morgan fingerprint density at radius 2 is 2.12 bits per heavy atom. The Morgan fingerprint density at radius 3 is 3.00 bits per heavy atom. The van der Waals surface area contributed by atoms with Crippen LogP contribution < -0.4 is 0 Å². The van der Waals surface area contributed by atoms with Gasteiger partial charge in [-0.15, -0.1) is 0 Å². The maximum absolute atomic E-state index is 10.4. The highest BCUT2D eigenvalue weighted by Crippen LogP contribution is 2.25. The molecule has 84 valence electrons. The minimum absolute atomic E-state index is 0.579. The molecule has 0 spiro atoms. The molecule has 0 aliphatic heterocycles. The molecule has 0 radical (unpaired) electrons. The van der Waals surface area contributed by atoms with Crippen molar-refractivity contribution in [2.45, 2.75) is 12.8 Å². The van der Waals surface area contributed by atoms with Gasteiger partial charge in [0.25, 0.3) is 0 Å². The van der Waals surface area contributed by atoms with Crippen molar-refractivity contribution in [1.82, 2.24) is 9.97 Å². The van der Waals surface area contributed by atoms with Crippen LogP contribution in [0.5, 0.6) is 0 Å². The van der Waals surface area contributed by atoms with Gasteiger partial charge in [-0.25, -0.2) is 0 Å². The first kappa shape index (κ1) is 10.0. The van der Waals surface area contributed by atoms with Crippen molar-refractivity contribution >= 4 is 28.1 Å². The highest BCUT2D eigenvalue weighted by atomic mass is 16.1. The molecule has 3 nitrogen and oxygen atoms in total. The van der Waals surface area contributed by atoms with Crippen LogP contribution in [0.15, 0.2) is 36.7 Å². The normalized spacial score (nSPS) is 11.1. The van der Waals surface area contributed by atoms with Crippen LogP contribution in [0.25, 0.3) is 21.8 Å². The van der Waals surface area contributed by atoms with E-state index in [1.54, 1.807) is 6.20 Å². The number of hydrogen-bond donors (Lipinski definition) is 1. The molecule has 0 atom stereocenters. The highest BCUT2D eigenvalue weighted by molar-refractivity contribution is 6.06. The number of nitrogens with zero attached hydrogens (tertiary/aromatic N) is 1. The van der Waals surface area contributed by atoms with Crippen molar-refractivity contribution < 1.29 is 4.79 Å². The van der Waals surface area contributed by atoms with Crippen molar-refractivity contribution in [2.24, 2.45) is 0 Å². The van der Waals surface area contributed by atoms with Crippen molar-refractivity contribution in [1.29, 1.82) is 0 Å². The molecule has 0 saturated heterocycles. The zero-order chi connectivity index (χ0) is 11.7. The Labute approximate surface area is 98.5 Å². The fourth-order valence-electron chi connectivity index (χ4n) is 2.18. The number of hydrogen-bond acceptors (Lipinski definition) is 2. The van der Waals surface area contributed by atoms with Crippen molar-refractivity contribution in [3.05, 3.63) is 42.2 Å². The van der Waals surface area contributed by atoms with Crippen LogP contribution in [0.3, 0.4) is 0 Å². The van der Waals surface area contributed by atoms with Crippen LogP contribution in [-0.2, 0) is 11.2 Å². The first-order valence-corrected chi connectivity index (χ1v) is 5.66. The summed E-state index contributed by atoms with van der Waals surface area (Å²) in [6, 6.07) is 8.29. The third-order valence-corrected chi connectivity index (χ3v) is 3.02. The minimum Gasteiger partial charge on any atom is -0.353 e. The van der Waals surface area contributed by atoms with Crippen molar-refractivity contribution in [3.8, 4) is 0 Å². The number of H-pyrrole nitrogens is 1. The maximum atomic E-state index is 10.4. The Balaban J connectivity index is 2.19. The number of aldehydes is 1. The van der Waals surface area contributed by atoms with E-state index in [-0.39, 0.29) is 0 Å². The topological polar surface area (TPSA) is 45.8 Å². The molecule has 0 saturated carbocycles. The van der Waals surface area contributed by atoms with Gasteiger partial charge in [-0.3, -0.25) is 4.98 Å². The van der Waals surface area contributed by atoms with E-state index in [0.717, 1.165) is 23.7 Å². The number of fused-ring (bicyclic) bond motifs is 3.